The number of hydrogen-bond donors (Lipinski definition) is 0. The summed E-state index contributed by atoms with van der Waals surface area (Å²) in [5, 5.41) is 3.92. The van der Waals surface area contributed by atoms with Crippen LogP contribution in [-0.4, -0.2) is 42.3 Å². The van der Waals surface area contributed by atoms with Crippen LogP contribution >= 0.6 is 0 Å². The molecule has 0 spiro atoms. The highest BCUT2D eigenvalue weighted by Gasteiger charge is 2.07. The third-order valence-corrected chi connectivity index (χ3v) is 2.41. The Balaban J connectivity index is 1.87. The number of nitrogens with zero attached hydrogens (tertiary/aromatic N) is 3. The van der Waals surface area contributed by atoms with Crippen LogP contribution in [0.1, 0.15) is 5.89 Å². The van der Waals surface area contributed by atoms with E-state index in [1.807, 2.05) is 44.4 Å². The van der Waals surface area contributed by atoms with Gasteiger partial charge in [-0.2, -0.15) is 4.98 Å². The van der Waals surface area contributed by atoms with Gasteiger partial charge in [0.2, 0.25) is 5.82 Å². The predicted molar refractivity (Wildman–Crippen MR) is 67.9 cm³/mol. The standard InChI is InChI=1S/C13H17N3O2/c1-16(2)8-9-17-10-12-14-13(15-18-12)11-6-4-3-5-7-11/h3-7H,8-10H2,1-2H3. The largest absolute Gasteiger partial charge is 0.370 e. The van der Waals surface area contributed by atoms with E-state index in [4.69, 9.17) is 9.26 Å². The second kappa shape index (κ2) is 6.28. The number of likely N-dealkylation sites (N-methyl/N-ethyl adjacent to an activating group) is 1. The number of hydrogen-bond acceptors (Lipinski definition) is 5. The third-order valence-electron chi connectivity index (χ3n) is 2.41. The molecule has 0 aliphatic carbocycles. The maximum absolute atomic E-state index is 5.44. The van der Waals surface area contributed by atoms with Crippen LogP contribution in [-0.2, 0) is 11.3 Å². The van der Waals surface area contributed by atoms with Gasteiger partial charge in [-0.05, 0) is 14.1 Å². The summed E-state index contributed by atoms with van der Waals surface area (Å²) < 4.78 is 10.6. The number of benzene rings is 1. The van der Waals surface area contributed by atoms with Crippen molar-refractivity contribution in [2.24, 2.45) is 0 Å². The number of aromatic nitrogens is 2. The van der Waals surface area contributed by atoms with Crippen LogP contribution in [0.3, 0.4) is 0 Å². The van der Waals surface area contributed by atoms with Crippen molar-refractivity contribution in [3.8, 4) is 11.4 Å². The van der Waals surface area contributed by atoms with Crippen molar-refractivity contribution >= 4 is 0 Å². The lowest BCUT2D eigenvalue weighted by Gasteiger charge is -2.08. The van der Waals surface area contributed by atoms with Crippen LogP contribution < -0.4 is 0 Å². The monoisotopic (exact) mass is 247 g/mol. The molecule has 0 unspecified atom stereocenters. The topological polar surface area (TPSA) is 51.4 Å². The molecule has 5 heteroatoms. The fourth-order valence-electron chi connectivity index (χ4n) is 1.42. The van der Waals surface area contributed by atoms with Gasteiger partial charge in [0.05, 0.1) is 6.61 Å². The first kappa shape index (κ1) is 12.7. The Bertz CT molecular complexity index is 468. The summed E-state index contributed by atoms with van der Waals surface area (Å²) >= 11 is 0. The van der Waals surface area contributed by atoms with Crippen molar-refractivity contribution in [2.45, 2.75) is 6.61 Å². The second-order valence-corrected chi connectivity index (χ2v) is 4.23. The summed E-state index contributed by atoms with van der Waals surface area (Å²) in [6.07, 6.45) is 0. The van der Waals surface area contributed by atoms with Crippen LogP contribution in [0.2, 0.25) is 0 Å². The first-order chi connectivity index (χ1) is 8.75. The molecule has 0 aliphatic rings. The van der Waals surface area contributed by atoms with E-state index in [-0.39, 0.29) is 0 Å². The van der Waals surface area contributed by atoms with E-state index >= 15 is 0 Å². The lowest BCUT2D eigenvalue weighted by atomic mass is 10.2. The first-order valence-corrected chi connectivity index (χ1v) is 5.86. The lowest BCUT2D eigenvalue weighted by molar-refractivity contribution is 0.0854. The van der Waals surface area contributed by atoms with Gasteiger partial charge in [0.1, 0.15) is 6.61 Å². The fourth-order valence-corrected chi connectivity index (χ4v) is 1.42. The molecule has 2 aromatic rings. The minimum absolute atomic E-state index is 0.355. The molecular formula is C13H17N3O2. The van der Waals surface area contributed by atoms with Crippen molar-refractivity contribution < 1.29 is 9.26 Å². The molecule has 0 N–H and O–H groups in total. The molecule has 0 saturated carbocycles. The van der Waals surface area contributed by atoms with Crippen LogP contribution in [0, 0.1) is 0 Å². The van der Waals surface area contributed by atoms with E-state index in [2.05, 4.69) is 15.0 Å². The van der Waals surface area contributed by atoms with Crippen molar-refractivity contribution in [3.05, 3.63) is 36.2 Å². The molecule has 0 saturated heterocycles. The molecular weight excluding hydrogens is 230 g/mol. The highest BCUT2D eigenvalue weighted by atomic mass is 16.5. The molecule has 2 rings (SSSR count). The fraction of sp³-hybridized carbons (Fsp3) is 0.385. The summed E-state index contributed by atoms with van der Waals surface area (Å²) in [6.45, 7) is 1.88. The lowest BCUT2D eigenvalue weighted by Crippen LogP contribution is -2.17. The molecule has 1 aromatic carbocycles. The molecule has 0 fully saturated rings. The molecule has 1 heterocycles. The van der Waals surface area contributed by atoms with Gasteiger partial charge in [-0.25, -0.2) is 0 Å². The molecule has 18 heavy (non-hydrogen) atoms. The Hall–Kier alpha value is -1.72. The predicted octanol–water partition coefficient (Wildman–Crippen LogP) is 1.81. The Morgan fingerprint density at radius 2 is 2.00 bits per heavy atom. The summed E-state index contributed by atoms with van der Waals surface area (Å²) in [5.41, 5.74) is 0.945. The van der Waals surface area contributed by atoms with E-state index in [9.17, 15) is 0 Å². The van der Waals surface area contributed by atoms with Gasteiger partial charge in [-0.3, -0.25) is 0 Å². The van der Waals surface area contributed by atoms with E-state index in [1.54, 1.807) is 0 Å². The van der Waals surface area contributed by atoms with Gasteiger partial charge in [0.25, 0.3) is 5.89 Å². The van der Waals surface area contributed by atoms with Gasteiger partial charge in [-0.1, -0.05) is 35.5 Å². The summed E-state index contributed by atoms with van der Waals surface area (Å²) in [4.78, 5) is 6.34. The normalized spacial score (nSPS) is 11.1. The van der Waals surface area contributed by atoms with Gasteiger partial charge < -0.3 is 14.2 Å². The van der Waals surface area contributed by atoms with E-state index in [0.717, 1.165) is 12.1 Å². The average Bonchev–Trinajstić information content (AvgIpc) is 2.84. The minimum atomic E-state index is 0.355. The first-order valence-electron chi connectivity index (χ1n) is 5.86. The Labute approximate surface area is 106 Å². The highest BCUT2D eigenvalue weighted by Crippen LogP contribution is 2.14. The van der Waals surface area contributed by atoms with Gasteiger partial charge >= 0.3 is 0 Å². The zero-order valence-electron chi connectivity index (χ0n) is 10.7. The van der Waals surface area contributed by atoms with Crippen LogP contribution in [0.4, 0.5) is 0 Å². The Morgan fingerprint density at radius 1 is 1.22 bits per heavy atom. The van der Waals surface area contributed by atoms with Crippen molar-refractivity contribution in [1.82, 2.24) is 15.0 Å². The molecule has 0 bridgehead atoms. The molecule has 0 amide bonds. The van der Waals surface area contributed by atoms with Gasteiger partial charge in [-0.15, -0.1) is 0 Å². The second-order valence-electron chi connectivity index (χ2n) is 4.23. The summed E-state index contributed by atoms with van der Waals surface area (Å²) in [5.74, 6) is 1.11. The molecule has 0 radical (unpaired) electrons. The molecule has 0 atom stereocenters. The zero-order valence-corrected chi connectivity index (χ0v) is 10.7. The number of ether oxygens (including phenoxy) is 1. The molecule has 1 aromatic heterocycles. The van der Waals surface area contributed by atoms with Gasteiger partial charge in [0, 0.05) is 12.1 Å². The Morgan fingerprint density at radius 3 is 2.72 bits per heavy atom. The quantitative estimate of drug-likeness (QED) is 0.729. The Kier molecular flexibility index (Phi) is 4.44. The van der Waals surface area contributed by atoms with E-state index in [1.165, 1.54) is 0 Å². The summed E-state index contributed by atoms with van der Waals surface area (Å²) in [6, 6.07) is 9.73. The minimum Gasteiger partial charge on any atom is -0.370 e. The highest BCUT2D eigenvalue weighted by molar-refractivity contribution is 5.53. The van der Waals surface area contributed by atoms with Crippen molar-refractivity contribution in [3.63, 3.8) is 0 Å². The maximum atomic E-state index is 5.44. The van der Waals surface area contributed by atoms with Crippen LogP contribution in [0.25, 0.3) is 11.4 Å². The maximum Gasteiger partial charge on any atom is 0.252 e. The SMILES string of the molecule is CN(C)CCOCc1nc(-c2ccccc2)no1. The summed E-state index contributed by atoms with van der Waals surface area (Å²) in [7, 11) is 4.01. The van der Waals surface area contributed by atoms with Crippen LogP contribution in [0.5, 0.6) is 0 Å². The number of rotatable bonds is 6. The molecule has 5 nitrogen and oxygen atoms in total. The average molecular weight is 247 g/mol. The smallest absolute Gasteiger partial charge is 0.252 e. The molecule has 0 aliphatic heterocycles. The van der Waals surface area contributed by atoms with Gasteiger partial charge in [0.15, 0.2) is 0 Å². The zero-order chi connectivity index (χ0) is 12.8. The van der Waals surface area contributed by atoms with Crippen molar-refractivity contribution in [2.75, 3.05) is 27.2 Å². The van der Waals surface area contributed by atoms with E-state index in [0.29, 0.717) is 24.9 Å². The van der Waals surface area contributed by atoms with Crippen molar-refractivity contribution in [1.29, 1.82) is 0 Å². The molecule has 96 valence electrons. The third kappa shape index (κ3) is 3.65. The van der Waals surface area contributed by atoms with E-state index < -0.39 is 0 Å². The van der Waals surface area contributed by atoms with Crippen LogP contribution in [0.15, 0.2) is 34.9 Å².